The monoisotopic (exact) mass is 258 g/mol. The van der Waals surface area contributed by atoms with Crippen LogP contribution in [0.5, 0.6) is 5.75 Å². The van der Waals surface area contributed by atoms with Crippen LogP contribution in [0.25, 0.3) is 11.3 Å². The Bertz CT molecular complexity index is 591. The van der Waals surface area contributed by atoms with E-state index in [4.69, 9.17) is 0 Å². The molecular formula is C16H22N2O. The summed E-state index contributed by atoms with van der Waals surface area (Å²) in [5.74, 6) is 0.309. The first-order valence-corrected chi connectivity index (χ1v) is 6.72. The molecule has 1 N–H and O–H groups in total. The summed E-state index contributed by atoms with van der Waals surface area (Å²) in [6.45, 7) is 11.0. The highest BCUT2D eigenvalue weighted by atomic mass is 16.3. The quantitative estimate of drug-likeness (QED) is 0.887. The maximum atomic E-state index is 10.6. The lowest BCUT2D eigenvalue weighted by Gasteiger charge is -2.15. The van der Waals surface area contributed by atoms with Crippen molar-refractivity contribution < 1.29 is 5.11 Å². The lowest BCUT2D eigenvalue weighted by atomic mass is 9.90. The molecule has 19 heavy (non-hydrogen) atoms. The molecule has 0 spiro atoms. The summed E-state index contributed by atoms with van der Waals surface area (Å²) < 4.78 is 1.89. The van der Waals surface area contributed by atoms with E-state index in [1.54, 1.807) is 0 Å². The molecule has 0 aliphatic heterocycles. The van der Waals surface area contributed by atoms with Gasteiger partial charge in [-0.2, -0.15) is 5.10 Å². The molecule has 0 unspecified atom stereocenters. The van der Waals surface area contributed by atoms with E-state index in [0.717, 1.165) is 29.1 Å². The van der Waals surface area contributed by atoms with Crippen molar-refractivity contribution >= 4 is 0 Å². The summed E-state index contributed by atoms with van der Waals surface area (Å²) in [6.07, 6.45) is 0. The predicted molar refractivity (Wildman–Crippen MR) is 78.4 cm³/mol. The number of rotatable bonds is 2. The van der Waals surface area contributed by atoms with Crippen molar-refractivity contribution in [1.82, 2.24) is 9.78 Å². The van der Waals surface area contributed by atoms with Gasteiger partial charge in [0.2, 0.25) is 0 Å². The largest absolute Gasteiger partial charge is 0.504 e. The summed E-state index contributed by atoms with van der Waals surface area (Å²) in [4.78, 5) is 0. The number of nitrogens with zero attached hydrogens (tertiary/aromatic N) is 2. The van der Waals surface area contributed by atoms with E-state index in [2.05, 4.69) is 38.9 Å². The van der Waals surface area contributed by atoms with E-state index >= 15 is 0 Å². The lowest BCUT2D eigenvalue weighted by molar-refractivity contribution is 0.445. The highest BCUT2D eigenvalue weighted by Gasteiger charge is 2.27. The molecule has 1 aromatic carbocycles. The molecular weight excluding hydrogens is 236 g/mol. The number of aromatic hydroxyl groups is 1. The van der Waals surface area contributed by atoms with Crippen molar-refractivity contribution in [1.29, 1.82) is 0 Å². The fourth-order valence-electron chi connectivity index (χ4n) is 2.29. The predicted octanol–water partition coefficient (Wildman–Crippen LogP) is 3.88. The van der Waals surface area contributed by atoms with Crippen LogP contribution in [0, 0.1) is 6.92 Å². The first kappa shape index (κ1) is 13.7. The maximum absolute atomic E-state index is 10.6. The molecule has 3 heteroatoms. The Morgan fingerprint density at radius 1 is 1.21 bits per heavy atom. The van der Waals surface area contributed by atoms with Gasteiger partial charge in [-0.15, -0.1) is 0 Å². The molecule has 0 aliphatic carbocycles. The summed E-state index contributed by atoms with van der Waals surface area (Å²) in [6, 6.07) is 8.09. The molecule has 0 saturated carbocycles. The minimum atomic E-state index is -0.165. The van der Waals surface area contributed by atoms with Gasteiger partial charge in [0.05, 0.1) is 0 Å². The van der Waals surface area contributed by atoms with Gasteiger partial charge in [0.1, 0.15) is 11.4 Å². The van der Waals surface area contributed by atoms with Crippen LogP contribution in [-0.4, -0.2) is 14.9 Å². The van der Waals surface area contributed by atoms with Crippen LogP contribution < -0.4 is 0 Å². The van der Waals surface area contributed by atoms with E-state index in [0.29, 0.717) is 5.75 Å². The smallest absolute Gasteiger partial charge is 0.165 e. The fourth-order valence-corrected chi connectivity index (χ4v) is 2.29. The highest BCUT2D eigenvalue weighted by Crippen LogP contribution is 2.39. The van der Waals surface area contributed by atoms with Crippen LogP contribution in [-0.2, 0) is 12.0 Å². The normalized spacial score (nSPS) is 11.8. The maximum Gasteiger partial charge on any atom is 0.165 e. The van der Waals surface area contributed by atoms with Crippen LogP contribution >= 0.6 is 0 Å². The molecule has 0 amide bonds. The Morgan fingerprint density at radius 2 is 1.84 bits per heavy atom. The van der Waals surface area contributed by atoms with E-state index in [1.165, 1.54) is 0 Å². The van der Waals surface area contributed by atoms with Gasteiger partial charge in [-0.25, -0.2) is 0 Å². The van der Waals surface area contributed by atoms with Gasteiger partial charge in [-0.3, -0.25) is 4.68 Å². The van der Waals surface area contributed by atoms with E-state index in [9.17, 15) is 5.11 Å². The average molecular weight is 258 g/mol. The van der Waals surface area contributed by atoms with Crippen molar-refractivity contribution in [2.45, 2.75) is 46.6 Å². The Morgan fingerprint density at radius 3 is 2.37 bits per heavy atom. The van der Waals surface area contributed by atoms with Crippen molar-refractivity contribution in [3.8, 4) is 17.0 Å². The summed E-state index contributed by atoms with van der Waals surface area (Å²) >= 11 is 0. The molecule has 0 atom stereocenters. The fraction of sp³-hybridized carbons (Fsp3) is 0.438. The molecule has 2 rings (SSSR count). The molecule has 2 aromatic rings. The van der Waals surface area contributed by atoms with Crippen LogP contribution in [0.3, 0.4) is 0 Å². The molecule has 1 aromatic heterocycles. The van der Waals surface area contributed by atoms with Crippen LogP contribution in [0.1, 0.15) is 39.0 Å². The second-order valence-electron chi connectivity index (χ2n) is 5.93. The first-order valence-electron chi connectivity index (χ1n) is 6.72. The number of hydrogen-bond acceptors (Lipinski definition) is 2. The minimum absolute atomic E-state index is 0.165. The second-order valence-corrected chi connectivity index (χ2v) is 5.93. The molecule has 0 saturated heterocycles. The van der Waals surface area contributed by atoms with Crippen molar-refractivity contribution in [2.24, 2.45) is 0 Å². The Labute approximate surface area is 114 Å². The minimum Gasteiger partial charge on any atom is -0.504 e. The Balaban J connectivity index is 2.71. The average Bonchev–Trinajstić information content (AvgIpc) is 2.67. The molecule has 0 fully saturated rings. The summed E-state index contributed by atoms with van der Waals surface area (Å²) in [7, 11) is 0. The topological polar surface area (TPSA) is 38.0 Å². The molecule has 102 valence electrons. The van der Waals surface area contributed by atoms with Crippen LogP contribution in [0.4, 0.5) is 0 Å². The second kappa shape index (κ2) is 4.72. The molecule has 1 heterocycles. The van der Waals surface area contributed by atoms with Gasteiger partial charge in [-0.1, -0.05) is 45.0 Å². The third-order valence-corrected chi connectivity index (χ3v) is 3.34. The third kappa shape index (κ3) is 2.37. The standard InChI is InChI=1S/C16H22N2O/c1-6-18-13(12-10-8-7-9-11(12)2)14(19)15(17-18)16(3,4)5/h7-10,19H,6H2,1-5H3. The zero-order valence-electron chi connectivity index (χ0n) is 12.4. The number of aromatic nitrogens is 2. The summed E-state index contributed by atoms with van der Waals surface area (Å²) in [5.41, 5.74) is 3.61. The molecule has 3 nitrogen and oxygen atoms in total. The van der Waals surface area contributed by atoms with Crippen LogP contribution in [0.2, 0.25) is 0 Å². The summed E-state index contributed by atoms with van der Waals surface area (Å²) in [5, 5.41) is 15.2. The lowest BCUT2D eigenvalue weighted by Crippen LogP contribution is -2.13. The van der Waals surface area contributed by atoms with Gasteiger partial charge in [0.15, 0.2) is 5.75 Å². The van der Waals surface area contributed by atoms with Gasteiger partial charge in [-0.05, 0) is 19.4 Å². The number of hydrogen-bond donors (Lipinski definition) is 1. The highest BCUT2D eigenvalue weighted by molar-refractivity contribution is 5.71. The zero-order chi connectivity index (χ0) is 14.2. The van der Waals surface area contributed by atoms with Gasteiger partial charge in [0, 0.05) is 17.5 Å². The Kier molecular flexibility index (Phi) is 3.40. The number of benzene rings is 1. The SMILES string of the molecule is CCn1nc(C(C)(C)C)c(O)c1-c1ccccc1C. The van der Waals surface area contributed by atoms with Crippen molar-refractivity contribution in [3.05, 3.63) is 35.5 Å². The molecule has 0 bridgehead atoms. The molecule has 0 aliphatic rings. The van der Waals surface area contributed by atoms with Gasteiger partial charge in [0.25, 0.3) is 0 Å². The third-order valence-electron chi connectivity index (χ3n) is 3.34. The van der Waals surface area contributed by atoms with E-state index in [1.807, 2.05) is 29.8 Å². The zero-order valence-corrected chi connectivity index (χ0v) is 12.4. The van der Waals surface area contributed by atoms with Crippen molar-refractivity contribution in [3.63, 3.8) is 0 Å². The van der Waals surface area contributed by atoms with E-state index < -0.39 is 0 Å². The van der Waals surface area contributed by atoms with Gasteiger partial charge >= 0.3 is 0 Å². The van der Waals surface area contributed by atoms with Crippen molar-refractivity contribution in [2.75, 3.05) is 0 Å². The van der Waals surface area contributed by atoms with Gasteiger partial charge < -0.3 is 5.11 Å². The number of aryl methyl sites for hydroxylation is 2. The Hall–Kier alpha value is -1.77. The van der Waals surface area contributed by atoms with E-state index in [-0.39, 0.29) is 5.41 Å². The first-order chi connectivity index (χ1) is 8.86. The molecule has 0 radical (unpaired) electrons. The van der Waals surface area contributed by atoms with Crippen LogP contribution in [0.15, 0.2) is 24.3 Å².